The lowest BCUT2D eigenvalue weighted by atomic mass is 9.73. The van der Waals surface area contributed by atoms with Crippen LogP contribution in [0.1, 0.15) is 116 Å². The molecule has 1 fully saturated rings. The third kappa shape index (κ3) is 8.07. The lowest BCUT2D eigenvalue weighted by molar-refractivity contribution is -0.173. The van der Waals surface area contributed by atoms with Crippen LogP contribution in [-0.2, 0) is 22.4 Å². The van der Waals surface area contributed by atoms with Gasteiger partial charge in [-0.05, 0) is 62.5 Å². The monoisotopic (exact) mass is 592 g/mol. The maximum atomic E-state index is 15.3. The molecule has 2 aromatic rings. The van der Waals surface area contributed by atoms with E-state index in [0.717, 1.165) is 49.7 Å². The Labute approximate surface area is 260 Å². The Morgan fingerprint density at radius 1 is 0.721 bits per heavy atom. The summed E-state index contributed by atoms with van der Waals surface area (Å²) in [5.74, 6) is -0.920. The van der Waals surface area contributed by atoms with E-state index in [1.54, 1.807) is 0 Å². The number of amides is 2. The summed E-state index contributed by atoms with van der Waals surface area (Å²) in [4.78, 5) is 30.4. The Morgan fingerprint density at radius 3 is 1.37 bits per heavy atom. The lowest BCUT2D eigenvalue weighted by Gasteiger charge is -2.53. The molecular formula is C37H56N2O4. The van der Waals surface area contributed by atoms with E-state index in [0.29, 0.717) is 51.4 Å². The number of aliphatic hydroxyl groups is 2. The number of carbonyl (C=O) groups excluding carboxylic acids is 2. The molecule has 0 aromatic heterocycles. The Balaban J connectivity index is 2.37. The average molecular weight is 593 g/mol. The SMILES string of the molecule is CCCC(O)(CCC)C(Cc1ccccc1)N(C(=O)C1(C(N)=O)CCCC1)C(Cc1ccccc1)C(O)(CCC)CCC. The van der Waals surface area contributed by atoms with Gasteiger partial charge in [-0.25, -0.2) is 0 Å². The molecule has 0 spiro atoms. The summed E-state index contributed by atoms with van der Waals surface area (Å²) < 4.78 is 0. The molecule has 2 unspecified atom stereocenters. The van der Waals surface area contributed by atoms with Gasteiger partial charge in [0.1, 0.15) is 5.41 Å². The summed E-state index contributed by atoms with van der Waals surface area (Å²) in [5.41, 5.74) is 4.34. The predicted octanol–water partition coefficient (Wildman–Crippen LogP) is 6.75. The van der Waals surface area contributed by atoms with Crippen LogP contribution >= 0.6 is 0 Å². The quantitative estimate of drug-likeness (QED) is 0.167. The number of nitrogens with two attached hydrogens (primary N) is 1. The van der Waals surface area contributed by atoms with Crippen molar-refractivity contribution in [3.63, 3.8) is 0 Å². The third-order valence-electron chi connectivity index (χ3n) is 9.76. The molecule has 0 aliphatic heterocycles. The molecule has 3 rings (SSSR count). The second-order valence-electron chi connectivity index (χ2n) is 13.0. The van der Waals surface area contributed by atoms with E-state index in [-0.39, 0.29) is 5.91 Å². The molecule has 2 amide bonds. The molecule has 0 bridgehead atoms. The van der Waals surface area contributed by atoms with Gasteiger partial charge >= 0.3 is 0 Å². The first-order valence-electron chi connectivity index (χ1n) is 16.8. The summed E-state index contributed by atoms with van der Waals surface area (Å²) in [7, 11) is 0. The first-order valence-corrected chi connectivity index (χ1v) is 16.8. The molecule has 2 aromatic carbocycles. The van der Waals surface area contributed by atoms with Crippen LogP contribution in [0.5, 0.6) is 0 Å². The Morgan fingerprint density at radius 2 is 1.07 bits per heavy atom. The zero-order valence-electron chi connectivity index (χ0n) is 27.1. The van der Waals surface area contributed by atoms with Crippen LogP contribution in [0.15, 0.2) is 60.7 Å². The van der Waals surface area contributed by atoms with Gasteiger partial charge in [-0.3, -0.25) is 9.59 Å². The van der Waals surface area contributed by atoms with Crippen molar-refractivity contribution in [3.8, 4) is 0 Å². The highest BCUT2D eigenvalue weighted by Gasteiger charge is 2.56. The second-order valence-corrected chi connectivity index (χ2v) is 13.0. The fourth-order valence-corrected chi connectivity index (χ4v) is 7.71. The van der Waals surface area contributed by atoms with Crippen molar-refractivity contribution in [1.82, 2.24) is 4.90 Å². The summed E-state index contributed by atoms with van der Waals surface area (Å²) in [6, 6.07) is 18.6. The molecule has 43 heavy (non-hydrogen) atoms. The van der Waals surface area contributed by atoms with E-state index in [2.05, 4.69) is 27.7 Å². The van der Waals surface area contributed by atoms with Gasteiger partial charge in [0.2, 0.25) is 11.8 Å². The molecule has 0 radical (unpaired) electrons. The highest BCUT2D eigenvalue weighted by molar-refractivity contribution is 6.05. The number of benzene rings is 2. The summed E-state index contributed by atoms with van der Waals surface area (Å²) in [5, 5.41) is 25.3. The summed E-state index contributed by atoms with van der Waals surface area (Å²) >= 11 is 0. The second kappa shape index (κ2) is 15.9. The minimum atomic E-state index is -1.34. The van der Waals surface area contributed by atoms with Crippen molar-refractivity contribution < 1.29 is 19.8 Å². The van der Waals surface area contributed by atoms with Gasteiger partial charge in [-0.1, -0.05) is 127 Å². The van der Waals surface area contributed by atoms with Crippen LogP contribution in [0.25, 0.3) is 0 Å². The largest absolute Gasteiger partial charge is 0.388 e. The van der Waals surface area contributed by atoms with E-state index in [9.17, 15) is 15.0 Å². The van der Waals surface area contributed by atoms with Gasteiger partial charge in [-0.2, -0.15) is 0 Å². The van der Waals surface area contributed by atoms with Crippen LogP contribution in [0.4, 0.5) is 0 Å². The highest BCUT2D eigenvalue weighted by atomic mass is 16.3. The number of primary amides is 1. The van der Waals surface area contributed by atoms with Crippen molar-refractivity contribution in [2.75, 3.05) is 0 Å². The van der Waals surface area contributed by atoms with Crippen LogP contribution in [0.3, 0.4) is 0 Å². The minimum absolute atomic E-state index is 0.323. The highest BCUT2D eigenvalue weighted by Crippen LogP contribution is 2.45. The lowest BCUT2D eigenvalue weighted by Crippen LogP contribution is -2.68. The Kier molecular flexibility index (Phi) is 12.8. The van der Waals surface area contributed by atoms with Gasteiger partial charge in [-0.15, -0.1) is 0 Å². The fourth-order valence-electron chi connectivity index (χ4n) is 7.71. The van der Waals surface area contributed by atoms with Gasteiger partial charge in [0.15, 0.2) is 0 Å². The maximum Gasteiger partial charge on any atom is 0.238 e. The summed E-state index contributed by atoms with van der Waals surface area (Å²) in [6.45, 7) is 8.22. The zero-order valence-corrected chi connectivity index (χ0v) is 27.1. The molecule has 6 nitrogen and oxygen atoms in total. The van der Waals surface area contributed by atoms with Crippen molar-refractivity contribution in [3.05, 3.63) is 71.8 Å². The molecule has 6 heteroatoms. The van der Waals surface area contributed by atoms with Crippen molar-refractivity contribution in [2.45, 2.75) is 141 Å². The van der Waals surface area contributed by atoms with Crippen LogP contribution in [-0.4, -0.2) is 50.2 Å². The van der Waals surface area contributed by atoms with Crippen LogP contribution < -0.4 is 5.73 Å². The van der Waals surface area contributed by atoms with E-state index in [4.69, 9.17) is 5.73 Å². The van der Waals surface area contributed by atoms with E-state index >= 15 is 4.79 Å². The molecule has 2 atom stereocenters. The van der Waals surface area contributed by atoms with Crippen molar-refractivity contribution in [1.29, 1.82) is 0 Å². The Hall–Kier alpha value is -2.70. The standard InChI is InChI=1S/C37H56N2O4/c1-5-21-36(42,22-6-2)31(27-29-17-11-9-12-18-29)39(34(41)35(33(38)40)25-15-16-26-35)32(28-30-19-13-10-14-20-30)37(43,23-7-3)24-8-4/h9-14,17-20,31-32,42-43H,5-8,15-16,21-28H2,1-4H3,(H2,38,40). The van der Waals surface area contributed by atoms with Gasteiger partial charge in [0, 0.05) is 0 Å². The van der Waals surface area contributed by atoms with Gasteiger partial charge in [0.05, 0.1) is 23.3 Å². The number of nitrogens with zero attached hydrogens (tertiary/aromatic N) is 1. The Bertz CT molecular complexity index is 1050. The van der Waals surface area contributed by atoms with Gasteiger partial charge in [0.25, 0.3) is 0 Å². The number of carbonyl (C=O) groups is 2. The molecule has 0 saturated heterocycles. The third-order valence-corrected chi connectivity index (χ3v) is 9.76. The number of rotatable bonds is 18. The summed E-state index contributed by atoms with van der Waals surface area (Å²) in [6.07, 6.45) is 8.09. The smallest absolute Gasteiger partial charge is 0.238 e. The average Bonchev–Trinajstić information content (AvgIpc) is 3.49. The normalized spacial score (nSPS) is 16.5. The molecular weight excluding hydrogens is 536 g/mol. The number of hydrogen-bond donors (Lipinski definition) is 3. The molecule has 4 N–H and O–H groups in total. The van der Waals surface area contributed by atoms with Crippen LogP contribution in [0.2, 0.25) is 0 Å². The van der Waals surface area contributed by atoms with Gasteiger partial charge < -0.3 is 20.8 Å². The maximum absolute atomic E-state index is 15.3. The van der Waals surface area contributed by atoms with Crippen LogP contribution in [0, 0.1) is 5.41 Å². The number of hydrogen-bond acceptors (Lipinski definition) is 4. The molecule has 1 aliphatic rings. The predicted molar refractivity (Wildman–Crippen MR) is 174 cm³/mol. The van der Waals surface area contributed by atoms with Crippen molar-refractivity contribution >= 4 is 11.8 Å². The zero-order chi connectivity index (χ0) is 31.5. The molecule has 1 saturated carbocycles. The molecule has 1 aliphatic carbocycles. The van der Waals surface area contributed by atoms with E-state index in [1.165, 1.54) is 0 Å². The fraction of sp³-hybridized carbons (Fsp3) is 0.622. The van der Waals surface area contributed by atoms with E-state index < -0.39 is 34.6 Å². The topological polar surface area (TPSA) is 104 Å². The minimum Gasteiger partial charge on any atom is -0.388 e. The first kappa shape index (κ1) is 34.8. The first-order chi connectivity index (χ1) is 20.6. The molecule has 0 heterocycles. The molecule has 238 valence electrons. The van der Waals surface area contributed by atoms with Crippen molar-refractivity contribution in [2.24, 2.45) is 11.1 Å². The van der Waals surface area contributed by atoms with E-state index in [1.807, 2.05) is 65.6 Å².